The normalized spacial score (nSPS) is 26.5. The van der Waals surface area contributed by atoms with Gasteiger partial charge in [0, 0.05) is 0 Å². The first-order valence-corrected chi connectivity index (χ1v) is 29.5. The van der Waals surface area contributed by atoms with Gasteiger partial charge in [-0.2, -0.15) is 0 Å². The van der Waals surface area contributed by atoms with E-state index in [9.17, 15) is 0 Å². The van der Waals surface area contributed by atoms with E-state index < -0.39 is 14.5 Å². The van der Waals surface area contributed by atoms with Crippen LogP contribution in [0.4, 0.5) is 0 Å². The molecule has 0 aliphatic heterocycles. The van der Waals surface area contributed by atoms with Gasteiger partial charge in [0.25, 0.3) is 0 Å². The molecule has 0 aromatic carbocycles. The van der Waals surface area contributed by atoms with Crippen LogP contribution in [0.3, 0.4) is 0 Å². The Morgan fingerprint density at radius 3 is 0.739 bits per heavy atom. The predicted octanol–water partition coefficient (Wildman–Crippen LogP) is 15.7. The Labute approximate surface area is 304 Å². The van der Waals surface area contributed by atoms with Gasteiger partial charge in [0.05, 0.1) is 48.5 Å². The molecule has 0 N–H and O–H groups in total. The van der Waals surface area contributed by atoms with Crippen LogP contribution in [0.25, 0.3) is 0 Å². The maximum atomic E-state index is 4.85. The zero-order valence-corrected chi connectivity index (χ0v) is 35.4. The second kappa shape index (κ2) is 20.2. The number of hydrogen-bond acceptors (Lipinski definition) is 0. The van der Waals surface area contributed by atoms with E-state index in [1.54, 1.807) is 198 Å². The van der Waals surface area contributed by atoms with Crippen LogP contribution < -0.4 is 0 Å². The van der Waals surface area contributed by atoms with Gasteiger partial charge >= 0.3 is 34.5 Å². The van der Waals surface area contributed by atoms with Crippen LogP contribution in [0.15, 0.2) is 11.6 Å². The maximum absolute atomic E-state index is 4.85. The summed E-state index contributed by atoms with van der Waals surface area (Å²) in [5, 5.41) is 1.08. The van der Waals surface area contributed by atoms with Crippen LogP contribution in [-0.2, 0) is 15.1 Å². The molecule has 6 aliphatic rings. The fourth-order valence-electron chi connectivity index (χ4n) is 13.2. The van der Waals surface area contributed by atoms with Gasteiger partial charge in [-0.05, 0) is 174 Å². The molecule has 6 rings (SSSR count). The topological polar surface area (TPSA) is 0 Å². The van der Waals surface area contributed by atoms with Crippen molar-refractivity contribution in [2.45, 2.75) is 246 Å². The molecule has 0 aromatic rings. The van der Waals surface area contributed by atoms with Gasteiger partial charge in [0.2, 0.25) is 0 Å². The van der Waals surface area contributed by atoms with Gasteiger partial charge in [0.1, 0.15) is 0 Å². The van der Waals surface area contributed by atoms with Crippen molar-refractivity contribution in [3.05, 3.63) is 11.6 Å². The molecule has 6 saturated carbocycles. The zero-order chi connectivity index (χ0) is 32.2. The van der Waals surface area contributed by atoms with Crippen molar-refractivity contribution in [3.8, 4) is 0 Å². The van der Waals surface area contributed by atoms with Gasteiger partial charge < -0.3 is 0 Å². The summed E-state index contributed by atoms with van der Waals surface area (Å²) in [6.45, 7) is 5.17. The Bertz CT molecular complexity index is 716. The number of halogens is 2. The van der Waals surface area contributed by atoms with E-state index in [4.69, 9.17) is 19.4 Å². The molecule has 5 heteroatoms. The monoisotopic (exact) mass is 800 g/mol. The molecule has 0 spiro atoms. The summed E-state index contributed by atoms with van der Waals surface area (Å²) in [5.74, 6) is 0. The van der Waals surface area contributed by atoms with Crippen molar-refractivity contribution >= 4 is 33.9 Å². The molecular weight excluding hydrogens is 726 g/mol. The summed E-state index contributed by atoms with van der Waals surface area (Å²) < 4.78 is 0. The van der Waals surface area contributed by atoms with E-state index in [-0.39, 0.29) is 15.1 Å². The van der Waals surface area contributed by atoms with E-state index in [1.165, 1.54) is 0 Å². The Hall–Kier alpha value is 1.80. The average molecular weight is 801 g/mol. The first-order chi connectivity index (χ1) is 22.6. The third-order valence-electron chi connectivity index (χ3n) is 14.6. The van der Waals surface area contributed by atoms with Crippen molar-refractivity contribution in [3.63, 3.8) is 0 Å². The van der Waals surface area contributed by atoms with Crippen LogP contribution in [0, 0.1) is 0 Å². The zero-order valence-electron chi connectivity index (χ0n) is 30.3. The molecule has 6 aliphatic carbocycles. The van der Waals surface area contributed by atoms with Crippen LogP contribution in [-0.4, -0.2) is 39.4 Å². The van der Waals surface area contributed by atoms with Crippen LogP contribution in [0.5, 0.6) is 0 Å². The molecule has 0 radical (unpaired) electrons. The van der Waals surface area contributed by atoms with Crippen LogP contribution in [0.1, 0.15) is 206 Å². The van der Waals surface area contributed by atoms with E-state index >= 15 is 0 Å². The summed E-state index contributed by atoms with van der Waals surface area (Å²) in [7, 11) is 7.24. The fraction of sp³-hybridized carbons (Fsp3) is 0.951. The van der Waals surface area contributed by atoms with Gasteiger partial charge in [-0.1, -0.05) is 44.1 Å². The Balaban J connectivity index is 0.00000134. The van der Waals surface area contributed by atoms with Crippen molar-refractivity contribution in [1.29, 1.82) is 0 Å². The van der Waals surface area contributed by atoms with Gasteiger partial charge in [-0.15, -0.1) is 0 Å². The summed E-state index contributed by atoms with van der Waals surface area (Å²) >= 11 is -0.346. The molecule has 0 amide bonds. The van der Waals surface area contributed by atoms with Crippen molar-refractivity contribution in [2.75, 3.05) is 0 Å². The van der Waals surface area contributed by atoms with Gasteiger partial charge in [-0.3, -0.25) is 0 Å². The molecule has 0 aromatic heterocycles. The second-order valence-electron chi connectivity index (χ2n) is 17.2. The quantitative estimate of drug-likeness (QED) is 0.124. The third-order valence-corrected chi connectivity index (χ3v) is 29.9. The summed E-state index contributed by atoms with van der Waals surface area (Å²) in [5.41, 5.74) is 8.60. The minimum atomic E-state index is -1.23. The molecule has 0 saturated heterocycles. The Morgan fingerprint density at radius 2 is 0.587 bits per heavy atom. The molecule has 0 unspecified atom stereocenters. The predicted molar refractivity (Wildman–Crippen MR) is 210 cm³/mol. The van der Waals surface area contributed by atoms with Crippen molar-refractivity contribution < 1.29 is 15.1 Å². The van der Waals surface area contributed by atoms with Gasteiger partial charge in [-0.25, -0.2) is 0 Å². The van der Waals surface area contributed by atoms with Gasteiger partial charge in [0.15, 0.2) is 5.40 Å². The Morgan fingerprint density at radius 1 is 0.413 bits per heavy atom. The van der Waals surface area contributed by atoms with E-state index in [0.29, 0.717) is 0 Å². The SMILES string of the molecule is CC(C)=CC([P+](C1CCCCC1)(C1CCCCC1)C1CCCCC1)[P+](C1CCCCC1)(C1CCCCC1)C1CCCCC1.[Cl][Ru][Cl]. The molecule has 46 heavy (non-hydrogen) atoms. The Kier molecular flexibility index (Phi) is 17.1. The molecule has 6 fully saturated rings. The van der Waals surface area contributed by atoms with Crippen LogP contribution in [0.2, 0.25) is 0 Å². The van der Waals surface area contributed by atoms with Crippen LogP contribution >= 0.6 is 33.9 Å². The van der Waals surface area contributed by atoms with Crippen molar-refractivity contribution in [2.24, 2.45) is 0 Å². The summed E-state index contributed by atoms with van der Waals surface area (Å²) in [6.07, 6.45) is 51.2. The number of hydrogen-bond donors (Lipinski definition) is 0. The molecule has 0 heterocycles. The average Bonchev–Trinajstić information content (AvgIpc) is 3.12. The van der Waals surface area contributed by atoms with E-state index in [2.05, 4.69) is 19.9 Å². The molecule has 0 nitrogen and oxygen atoms in total. The first-order valence-electron chi connectivity index (χ1n) is 20.9. The molecule has 0 bridgehead atoms. The second-order valence-corrected chi connectivity index (χ2v) is 29.4. The van der Waals surface area contributed by atoms with E-state index in [1.807, 2.05) is 0 Å². The van der Waals surface area contributed by atoms with E-state index in [0.717, 1.165) is 39.4 Å². The molecule has 268 valence electrons. The summed E-state index contributed by atoms with van der Waals surface area (Å²) in [6, 6.07) is 0. The van der Waals surface area contributed by atoms with Crippen molar-refractivity contribution in [1.82, 2.24) is 0 Å². The molecule has 0 atom stereocenters. The molecular formula is C41H74Cl2P2Ru+2. The fourth-order valence-corrected chi connectivity index (χ4v) is 34.2. The third kappa shape index (κ3) is 8.87. The first kappa shape index (κ1) is 39.0. The minimum absolute atomic E-state index is 0.346. The number of rotatable bonds is 9. The standard InChI is InChI=1S/C41H74P2.2ClH.Ru/c1-34(2)33-41(42(35-21-9-3-10-22-35,36-23-11-4-12-24-36)37-25-13-5-14-26-37)43(38-27-15-6-16-28-38,39-29-17-7-18-30-39)40-31-19-8-20-32-40;;;/h33,35-41H,3-32H2,1-2H3;2*1H;/q+2;;;+2/p-2. The number of allylic oxidation sites excluding steroid dienone is 2. The summed E-state index contributed by atoms with van der Waals surface area (Å²) in [4.78, 5) is 0.